The second kappa shape index (κ2) is 5.69. The van der Waals surface area contributed by atoms with E-state index < -0.39 is 7.75 Å². The van der Waals surface area contributed by atoms with Crippen molar-refractivity contribution in [3.05, 3.63) is 0 Å². The molecular weight excluding hydrogens is 169 g/mol. The van der Waals surface area contributed by atoms with E-state index in [1.165, 1.54) is 0 Å². The Kier molecular flexibility index (Phi) is 5.72. The predicted molar refractivity (Wildman–Crippen MR) is 39.5 cm³/mol. The number of unbranched alkanes of at least 4 members (excludes halogenated alkanes) is 2. The maximum absolute atomic E-state index is 10.2. The van der Waals surface area contributed by atoms with Crippen LogP contribution in [0, 0.1) is 0 Å². The second-order valence-corrected chi connectivity index (χ2v) is 3.62. The Hall–Kier alpha value is 0.0700. The predicted octanol–water partition coefficient (Wildman–Crippen LogP) is 0.269. The van der Waals surface area contributed by atoms with Gasteiger partial charge in [-0.15, -0.1) is 0 Å². The number of hydrogen-bond donors (Lipinski definition) is 3. The monoisotopic (exact) mass is 182 g/mol. The summed E-state index contributed by atoms with van der Waals surface area (Å²) >= 11 is 0. The molecule has 5 nitrogen and oxygen atoms in total. The molecular formula is C5H13NO4P. The molecule has 0 aliphatic carbocycles. The van der Waals surface area contributed by atoms with Gasteiger partial charge in [-0.3, -0.25) is 0 Å². The number of nitrogens with one attached hydrogen (secondary N) is 1. The summed E-state index contributed by atoms with van der Waals surface area (Å²) in [5, 5.41) is 12.0. The molecule has 0 saturated carbocycles. The van der Waals surface area contributed by atoms with Crippen LogP contribution in [-0.4, -0.2) is 22.9 Å². The lowest BCUT2D eigenvalue weighted by molar-refractivity contribution is 0.186. The summed E-state index contributed by atoms with van der Waals surface area (Å²) in [6, 6.07) is 0. The Morgan fingerprint density at radius 2 is 1.82 bits per heavy atom. The highest BCUT2D eigenvalue weighted by atomic mass is 31.2. The maximum Gasteiger partial charge on any atom is 0.400 e. The van der Waals surface area contributed by atoms with Crippen molar-refractivity contribution >= 4 is 7.75 Å². The fourth-order valence-electron chi connectivity index (χ4n) is 0.629. The minimum Gasteiger partial charge on any atom is -0.313 e. The molecule has 0 aliphatic rings. The van der Waals surface area contributed by atoms with Gasteiger partial charge in [0, 0.05) is 6.54 Å². The molecule has 0 heterocycles. The van der Waals surface area contributed by atoms with Crippen molar-refractivity contribution in [3.63, 3.8) is 0 Å². The molecule has 0 aliphatic heterocycles. The summed E-state index contributed by atoms with van der Waals surface area (Å²) in [5.41, 5.74) is 0. The third-order valence-corrected chi connectivity index (χ3v) is 1.77. The second-order valence-electron chi connectivity index (χ2n) is 2.22. The van der Waals surface area contributed by atoms with Crippen molar-refractivity contribution in [2.24, 2.45) is 0 Å². The van der Waals surface area contributed by atoms with Gasteiger partial charge in [0.2, 0.25) is 0 Å². The van der Waals surface area contributed by atoms with Gasteiger partial charge >= 0.3 is 7.75 Å². The Balaban J connectivity index is 3.09. The van der Waals surface area contributed by atoms with Crippen LogP contribution in [0.3, 0.4) is 0 Å². The van der Waals surface area contributed by atoms with Crippen LogP contribution < -0.4 is 5.09 Å². The number of rotatable bonds is 6. The first-order chi connectivity index (χ1) is 5.06. The molecule has 0 atom stereocenters. The van der Waals surface area contributed by atoms with Gasteiger partial charge in [-0.1, -0.05) is 0 Å². The van der Waals surface area contributed by atoms with Gasteiger partial charge in [-0.2, -0.15) is 0 Å². The topological polar surface area (TPSA) is 89.5 Å². The SMILES string of the molecule is [O]CCCCCNP(=O)(O)O. The van der Waals surface area contributed by atoms with Crippen molar-refractivity contribution in [1.82, 2.24) is 5.09 Å². The molecule has 0 bridgehead atoms. The molecule has 0 aromatic rings. The normalized spacial score (nSPS) is 11.9. The maximum atomic E-state index is 10.2. The van der Waals surface area contributed by atoms with Crippen LogP contribution in [0.15, 0.2) is 0 Å². The van der Waals surface area contributed by atoms with Crippen LogP contribution in [0.1, 0.15) is 19.3 Å². The highest BCUT2D eigenvalue weighted by molar-refractivity contribution is 7.49. The third-order valence-electron chi connectivity index (χ3n) is 1.14. The lowest BCUT2D eigenvalue weighted by Crippen LogP contribution is -2.10. The Morgan fingerprint density at radius 3 is 2.27 bits per heavy atom. The van der Waals surface area contributed by atoms with Gasteiger partial charge in [0.1, 0.15) is 0 Å². The Labute approximate surface area is 65.7 Å². The fourth-order valence-corrected chi connectivity index (χ4v) is 1.08. The average molecular weight is 182 g/mol. The van der Waals surface area contributed by atoms with Crippen molar-refractivity contribution in [2.75, 3.05) is 13.2 Å². The highest BCUT2D eigenvalue weighted by Gasteiger charge is 2.09. The minimum absolute atomic E-state index is 0.115. The summed E-state index contributed by atoms with van der Waals surface area (Å²) in [6.45, 7) is 0.153. The Morgan fingerprint density at radius 1 is 1.18 bits per heavy atom. The summed E-state index contributed by atoms with van der Waals surface area (Å²) in [4.78, 5) is 16.6. The van der Waals surface area contributed by atoms with Gasteiger partial charge < -0.3 is 9.79 Å². The molecule has 11 heavy (non-hydrogen) atoms. The molecule has 0 spiro atoms. The number of hydrogen-bond acceptors (Lipinski definition) is 1. The fraction of sp³-hybridized carbons (Fsp3) is 1.00. The molecule has 3 N–H and O–H groups in total. The molecule has 0 saturated heterocycles. The van der Waals surface area contributed by atoms with Crippen molar-refractivity contribution in [1.29, 1.82) is 0 Å². The van der Waals surface area contributed by atoms with Crippen molar-refractivity contribution < 1.29 is 19.5 Å². The van der Waals surface area contributed by atoms with E-state index in [1.807, 2.05) is 5.09 Å². The average Bonchev–Trinajstić information content (AvgIpc) is 1.85. The van der Waals surface area contributed by atoms with E-state index in [2.05, 4.69) is 0 Å². The van der Waals surface area contributed by atoms with Crippen LogP contribution in [0.25, 0.3) is 0 Å². The summed E-state index contributed by atoms with van der Waals surface area (Å²) in [5.74, 6) is 0. The van der Waals surface area contributed by atoms with Crippen LogP contribution >= 0.6 is 7.75 Å². The summed E-state index contributed by atoms with van der Waals surface area (Å²) < 4.78 is 10.2. The van der Waals surface area contributed by atoms with Crippen LogP contribution in [0.4, 0.5) is 0 Å². The van der Waals surface area contributed by atoms with Gasteiger partial charge in [0.05, 0.1) is 6.61 Å². The van der Waals surface area contributed by atoms with Crippen molar-refractivity contribution in [3.8, 4) is 0 Å². The largest absolute Gasteiger partial charge is 0.400 e. The van der Waals surface area contributed by atoms with Gasteiger partial charge in [-0.25, -0.2) is 14.8 Å². The highest BCUT2D eigenvalue weighted by Crippen LogP contribution is 2.27. The zero-order chi connectivity index (χ0) is 8.74. The van der Waals surface area contributed by atoms with Gasteiger partial charge in [0.25, 0.3) is 0 Å². The van der Waals surface area contributed by atoms with Crippen LogP contribution in [0.5, 0.6) is 0 Å². The Bertz CT molecular complexity index is 134. The first kappa shape index (κ1) is 11.1. The standard InChI is InChI=1S/C5H13NO4P/c7-5-3-1-2-4-6-11(8,9)10/h1-5H2,(H3,6,8,9,10). The molecule has 0 aromatic heterocycles. The van der Waals surface area contributed by atoms with E-state index in [1.54, 1.807) is 0 Å². The van der Waals surface area contributed by atoms with E-state index >= 15 is 0 Å². The summed E-state index contributed by atoms with van der Waals surface area (Å²) in [7, 11) is -4.04. The zero-order valence-electron chi connectivity index (χ0n) is 6.19. The van der Waals surface area contributed by atoms with E-state index in [9.17, 15) is 9.67 Å². The van der Waals surface area contributed by atoms with Gasteiger partial charge in [-0.05, 0) is 19.3 Å². The third kappa shape index (κ3) is 10.1. The first-order valence-electron chi connectivity index (χ1n) is 3.45. The van der Waals surface area contributed by atoms with Crippen LogP contribution in [0.2, 0.25) is 0 Å². The lowest BCUT2D eigenvalue weighted by atomic mass is 10.2. The van der Waals surface area contributed by atoms with Gasteiger partial charge in [0.15, 0.2) is 0 Å². The van der Waals surface area contributed by atoms with E-state index in [4.69, 9.17) is 9.79 Å². The molecule has 67 valence electrons. The first-order valence-corrected chi connectivity index (χ1v) is 5.06. The molecule has 0 aromatic carbocycles. The van der Waals surface area contributed by atoms with Crippen molar-refractivity contribution in [2.45, 2.75) is 19.3 Å². The molecule has 6 heteroatoms. The molecule has 0 rings (SSSR count). The van der Waals surface area contributed by atoms with E-state index in [-0.39, 0.29) is 13.2 Å². The van der Waals surface area contributed by atoms with E-state index in [0.717, 1.165) is 6.42 Å². The molecule has 1 radical (unpaired) electrons. The molecule has 0 fully saturated rings. The lowest BCUT2D eigenvalue weighted by Gasteiger charge is -2.04. The minimum atomic E-state index is -4.04. The summed E-state index contributed by atoms with van der Waals surface area (Å²) in [6.07, 6.45) is 1.92. The van der Waals surface area contributed by atoms with Crippen LogP contribution in [-0.2, 0) is 9.67 Å². The van der Waals surface area contributed by atoms with E-state index in [0.29, 0.717) is 12.8 Å². The quantitative estimate of drug-likeness (QED) is 0.406. The molecule has 0 amide bonds. The smallest absolute Gasteiger partial charge is 0.313 e. The molecule has 0 unspecified atom stereocenters. The zero-order valence-corrected chi connectivity index (χ0v) is 7.09.